The zero-order chi connectivity index (χ0) is 20.7. The Morgan fingerprint density at radius 2 is 1.93 bits per heavy atom. The molecule has 1 aromatic rings. The lowest BCUT2D eigenvalue weighted by molar-refractivity contribution is -0.140. The molecule has 150 valence electrons. The average molecular weight is 383 g/mol. The predicted octanol–water partition coefficient (Wildman–Crippen LogP) is 3.24. The summed E-state index contributed by atoms with van der Waals surface area (Å²) in [5.74, 6) is -1.72. The molecule has 2 unspecified atom stereocenters. The van der Waals surface area contributed by atoms with Crippen LogP contribution in [0.2, 0.25) is 0 Å². The third kappa shape index (κ3) is 5.35. The molecule has 3 N–H and O–H groups in total. The first-order valence-corrected chi connectivity index (χ1v) is 9.89. The van der Waals surface area contributed by atoms with E-state index in [0.717, 1.165) is 18.4 Å². The molecule has 0 aromatic heterocycles. The van der Waals surface area contributed by atoms with Crippen LogP contribution in [-0.4, -0.2) is 23.0 Å². The minimum atomic E-state index is -1.02. The Balaban J connectivity index is 2.12. The molecule has 0 fully saturated rings. The topological polar surface area (TPSA) is 102 Å². The summed E-state index contributed by atoms with van der Waals surface area (Å²) in [6, 6.07) is 7.15. The lowest BCUT2D eigenvalue weighted by atomic mass is 9.88. The van der Waals surface area contributed by atoms with Gasteiger partial charge in [0, 0.05) is 6.20 Å². The number of fused-ring (bicyclic) bond motifs is 1. The van der Waals surface area contributed by atoms with Crippen molar-refractivity contribution in [3.63, 3.8) is 0 Å². The van der Waals surface area contributed by atoms with Gasteiger partial charge in [-0.25, -0.2) is 4.79 Å². The van der Waals surface area contributed by atoms with E-state index < -0.39 is 17.9 Å². The van der Waals surface area contributed by atoms with Crippen molar-refractivity contribution < 1.29 is 14.7 Å². The largest absolute Gasteiger partial charge is 0.480 e. The third-order valence-electron chi connectivity index (χ3n) is 5.19. The van der Waals surface area contributed by atoms with E-state index in [-0.39, 0.29) is 17.5 Å². The number of benzene rings is 1. The summed E-state index contributed by atoms with van der Waals surface area (Å²) in [5.41, 5.74) is 3.62. The summed E-state index contributed by atoms with van der Waals surface area (Å²) < 4.78 is 0. The highest BCUT2D eigenvalue weighted by Gasteiger charge is 2.22. The molecule has 28 heavy (non-hydrogen) atoms. The quantitative estimate of drug-likeness (QED) is 0.472. The molecule has 0 saturated carbocycles. The van der Waals surface area contributed by atoms with Crippen molar-refractivity contribution in [1.82, 2.24) is 10.6 Å². The molecule has 0 heterocycles. The summed E-state index contributed by atoms with van der Waals surface area (Å²) in [5, 5.41) is 24.1. The molecule has 0 radical (unpaired) electrons. The number of nitrogens with one attached hydrogen (secondary N) is 2. The number of carboxylic acid groups (broad SMARTS) is 1. The van der Waals surface area contributed by atoms with Crippen molar-refractivity contribution in [3.05, 3.63) is 46.7 Å². The van der Waals surface area contributed by atoms with Gasteiger partial charge in [-0.1, -0.05) is 39.0 Å². The van der Waals surface area contributed by atoms with Crippen LogP contribution in [-0.2, 0) is 22.4 Å². The number of aryl methyl sites for hydroxylation is 2. The molecule has 0 saturated heterocycles. The van der Waals surface area contributed by atoms with Crippen LogP contribution in [0.5, 0.6) is 0 Å². The number of carbonyl (C=O) groups excluding carboxylic acids is 1. The van der Waals surface area contributed by atoms with Crippen molar-refractivity contribution >= 4 is 11.9 Å². The molecule has 6 heteroatoms. The molecular weight excluding hydrogens is 354 g/mol. The maximum absolute atomic E-state index is 12.6. The van der Waals surface area contributed by atoms with Gasteiger partial charge in [0.05, 0.1) is 6.04 Å². The van der Waals surface area contributed by atoms with Crippen molar-refractivity contribution in [1.29, 1.82) is 5.26 Å². The van der Waals surface area contributed by atoms with E-state index in [2.05, 4.69) is 22.8 Å². The summed E-state index contributed by atoms with van der Waals surface area (Å²) in [7, 11) is 0. The summed E-state index contributed by atoms with van der Waals surface area (Å²) >= 11 is 0. The number of rotatable bonds is 8. The van der Waals surface area contributed by atoms with E-state index in [1.54, 1.807) is 13.8 Å². The van der Waals surface area contributed by atoms with Gasteiger partial charge in [-0.2, -0.15) is 5.26 Å². The second-order valence-electron chi connectivity index (χ2n) is 7.57. The van der Waals surface area contributed by atoms with Gasteiger partial charge in [0.25, 0.3) is 5.91 Å². The SMILES string of the molecule is CCC(NC(=O)/C(C#N)=C\NC(C(=O)O)C(C)C)c1ccc2c(c1)CCCC2. The summed E-state index contributed by atoms with van der Waals surface area (Å²) in [6.07, 6.45) is 6.47. The number of aliphatic carboxylic acids is 1. The maximum Gasteiger partial charge on any atom is 0.326 e. The third-order valence-corrected chi connectivity index (χ3v) is 5.19. The normalized spacial score (nSPS) is 15.9. The second kappa shape index (κ2) is 9.93. The van der Waals surface area contributed by atoms with E-state index in [1.807, 2.05) is 19.1 Å². The van der Waals surface area contributed by atoms with Crippen molar-refractivity contribution in [2.24, 2.45) is 5.92 Å². The van der Waals surface area contributed by atoms with Crippen molar-refractivity contribution in [2.45, 2.75) is 65.0 Å². The molecule has 2 atom stereocenters. The molecular formula is C22H29N3O3. The van der Waals surface area contributed by atoms with Crippen molar-refractivity contribution in [2.75, 3.05) is 0 Å². The Kier molecular flexibility index (Phi) is 7.62. The Labute approximate surface area is 166 Å². The molecule has 0 aliphatic heterocycles. The van der Waals surface area contributed by atoms with Gasteiger partial charge in [-0.3, -0.25) is 4.79 Å². The number of hydrogen-bond donors (Lipinski definition) is 3. The fraction of sp³-hybridized carbons (Fsp3) is 0.500. The van der Waals surface area contributed by atoms with Crippen LogP contribution in [0.25, 0.3) is 0 Å². The van der Waals surface area contributed by atoms with E-state index in [0.29, 0.717) is 6.42 Å². The van der Waals surface area contributed by atoms with Gasteiger partial charge in [-0.15, -0.1) is 0 Å². The van der Waals surface area contributed by atoms with Crippen LogP contribution >= 0.6 is 0 Å². The van der Waals surface area contributed by atoms with Gasteiger partial charge in [0.2, 0.25) is 0 Å². The van der Waals surface area contributed by atoms with Crippen LogP contribution in [0.3, 0.4) is 0 Å². The Morgan fingerprint density at radius 3 is 2.50 bits per heavy atom. The Bertz CT molecular complexity index is 793. The summed E-state index contributed by atoms with van der Waals surface area (Å²) in [6.45, 7) is 5.50. The van der Waals surface area contributed by atoms with Gasteiger partial charge < -0.3 is 15.7 Å². The van der Waals surface area contributed by atoms with Crippen molar-refractivity contribution in [3.8, 4) is 6.07 Å². The number of nitrogens with zero attached hydrogens (tertiary/aromatic N) is 1. The fourth-order valence-electron chi connectivity index (χ4n) is 3.50. The number of nitriles is 1. The second-order valence-corrected chi connectivity index (χ2v) is 7.57. The van der Waals surface area contributed by atoms with Gasteiger partial charge in [0.15, 0.2) is 0 Å². The standard InChI is InChI=1S/C22H29N3O3/c1-4-19(17-10-9-15-7-5-6-8-16(15)11-17)25-21(26)18(12-23)13-24-20(14(2)3)22(27)28/h9-11,13-14,19-20,24H,4-8H2,1-3H3,(H,25,26)(H,27,28)/b18-13-. The van der Waals surface area contributed by atoms with Crippen LogP contribution in [0.1, 0.15) is 62.8 Å². The highest BCUT2D eigenvalue weighted by atomic mass is 16.4. The van der Waals surface area contributed by atoms with Crippen LogP contribution in [0.4, 0.5) is 0 Å². The number of carbonyl (C=O) groups is 2. The molecule has 0 spiro atoms. The predicted molar refractivity (Wildman–Crippen MR) is 107 cm³/mol. The summed E-state index contributed by atoms with van der Waals surface area (Å²) in [4.78, 5) is 23.8. The zero-order valence-corrected chi connectivity index (χ0v) is 16.8. The van der Waals surface area contributed by atoms with E-state index in [9.17, 15) is 20.0 Å². The first-order chi connectivity index (χ1) is 13.4. The Morgan fingerprint density at radius 1 is 1.25 bits per heavy atom. The molecule has 1 amide bonds. The monoisotopic (exact) mass is 383 g/mol. The van der Waals surface area contributed by atoms with Crippen LogP contribution < -0.4 is 10.6 Å². The van der Waals surface area contributed by atoms with Gasteiger partial charge in [0.1, 0.15) is 17.7 Å². The zero-order valence-electron chi connectivity index (χ0n) is 16.8. The van der Waals surface area contributed by atoms with E-state index >= 15 is 0 Å². The highest BCUT2D eigenvalue weighted by Crippen LogP contribution is 2.26. The molecule has 1 aliphatic carbocycles. The Hall–Kier alpha value is -2.81. The molecule has 2 rings (SSSR count). The smallest absolute Gasteiger partial charge is 0.326 e. The first kappa shape index (κ1) is 21.5. The number of carboxylic acids is 1. The average Bonchev–Trinajstić information content (AvgIpc) is 2.68. The molecule has 1 aliphatic rings. The van der Waals surface area contributed by atoms with Gasteiger partial charge >= 0.3 is 5.97 Å². The van der Waals surface area contributed by atoms with Gasteiger partial charge in [-0.05, 0) is 54.7 Å². The number of amides is 1. The molecule has 1 aromatic carbocycles. The lowest BCUT2D eigenvalue weighted by Crippen LogP contribution is -2.39. The minimum absolute atomic E-state index is 0.136. The maximum atomic E-state index is 12.6. The minimum Gasteiger partial charge on any atom is -0.480 e. The van der Waals surface area contributed by atoms with E-state index in [4.69, 9.17) is 0 Å². The lowest BCUT2D eigenvalue weighted by Gasteiger charge is -2.22. The molecule has 6 nitrogen and oxygen atoms in total. The first-order valence-electron chi connectivity index (χ1n) is 9.89. The fourth-order valence-corrected chi connectivity index (χ4v) is 3.50. The number of hydrogen-bond acceptors (Lipinski definition) is 4. The highest BCUT2D eigenvalue weighted by molar-refractivity contribution is 5.97. The van der Waals surface area contributed by atoms with Crippen LogP contribution in [0.15, 0.2) is 30.0 Å². The van der Waals surface area contributed by atoms with Crippen LogP contribution in [0, 0.1) is 17.2 Å². The molecule has 0 bridgehead atoms. The van der Waals surface area contributed by atoms with E-state index in [1.165, 1.54) is 30.2 Å².